The summed E-state index contributed by atoms with van der Waals surface area (Å²) in [6, 6.07) is 23.9. The summed E-state index contributed by atoms with van der Waals surface area (Å²) in [5.41, 5.74) is 1.98. The lowest BCUT2D eigenvalue weighted by Gasteiger charge is -2.27. The molecule has 9 heteroatoms. The predicted molar refractivity (Wildman–Crippen MR) is 168 cm³/mol. The van der Waals surface area contributed by atoms with Crippen LogP contribution in [0.25, 0.3) is 16.8 Å². The topological polar surface area (TPSA) is 94.2 Å². The first-order valence-corrected chi connectivity index (χ1v) is 14.8. The summed E-state index contributed by atoms with van der Waals surface area (Å²) in [6.07, 6.45) is 2.29. The third-order valence-electron chi connectivity index (χ3n) is 6.83. The number of rotatable bonds is 11. The first-order chi connectivity index (χ1) is 20.9. The number of carbonyl (C=O) groups is 3. The van der Waals surface area contributed by atoms with Crippen LogP contribution >= 0.6 is 15.9 Å². The Bertz CT molecular complexity index is 1710. The highest BCUT2D eigenvalue weighted by atomic mass is 79.9. The monoisotopic (exact) mass is 642 g/mol. The number of amides is 4. The molecule has 0 unspecified atom stereocenters. The van der Waals surface area contributed by atoms with Crippen molar-refractivity contribution in [2.45, 2.75) is 33.4 Å². The van der Waals surface area contributed by atoms with Gasteiger partial charge in [0.2, 0.25) is 0 Å². The fourth-order valence-corrected chi connectivity index (χ4v) is 5.14. The van der Waals surface area contributed by atoms with E-state index in [1.54, 1.807) is 30.3 Å². The van der Waals surface area contributed by atoms with Gasteiger partial charge in [-0.15, -0.1) is 0 Å². The number of urea groups is 1. The van der Waals surface area contributed by atoms with Gasteiger partial charge in [-0.25, -0.2) is 4.79 Å². The maximum Gasteiger partial charge on any atom is 0.331 e. The van der Waals surface area contributed by atoms with Gasteiger partial charge in [-0.3, -0.25) is 19.8 Å². The van der Waals surface area contributed by atoms with E-state index in [1.807, 2.05) is 62.4 Å². The van der Waals surface area contributed by atoms with E-state index in [1.165, 1.54) is 6.08 Å². The molecule has 1 saturated heterocycles. The van der Waals surface area contributed by atoms with Gasteiger partial charge in [-0.1, -0.05) is 71.4 Å². The number of hydrogen-bond donors (Lipinski definition) is 1. The molecule has 4 amide bonds. The number of barbiturate groups is 1. The number of ether oxygens (including phenoxy) is 3. The van der Waals surface area contributed by atoms with Crippen molar-refractivity contribution in [1.29, 1.82) is 0 Å². The minimum absolute atomic E-state index is 0.0632. The molecule has 43 heavy (non-hydrogen) atoms. The lowest BCUT2D eigenvalue weighted by molar-refractivity contribution is -0.130. The van der Waals surface area contributed by atoms with Crippen LogP contribution in [0.5, 0.6) is 17.2 Å². The molecule has 0 aliphatic carbocycles. The standard InChI is InChI=1S/C34H31BrN2O6/c1-3-16-42-30-14-12-22(17-31(30)41-4-2)20-37-33(39)28(32(38)36-34(37)40)19-25-18-26(35)13-15-29(25)43-21-24-10-7-9-23-8-5-6-11-27(23)24/h5-15,17-19H,3-4,16,20-21H2,1-2H3,(H,36,38,40)/b28-19+. The second kappa shape index (κ2) is 13.6. The van der Waals surface area contributed by atoms with Gasteiger partial charge in [-0.05, 0) is 71.7 Å². The molecular formula is C34H31BrN2O6. The van der Waals surface area contributed by atoms with Crippen molar-refractivity contribution in [3.63, 3.8) is 0 Å². The van der Waals surface area contributed by atoms with E-state index in [4.69, 9.17) is 14.2 Å². The summed E-state index contributed by atoms with van der Waals surface area (Å²) in [6.45, 7) is 5.05. The molecule has 0 bridgehead atoms. The maximum atomic E-state index is 13.6. The van der Waals surface area contributed by atoms with Crippen molar-refractivity contribution in [2.24, 2.45) is 0 Å². The molecule has 1 heterocycles. The van der Waals surface area contributed by atoms with Crippen LogP contribution in [-0.4, -0.2) is 36.0 Å². The summed E-state index contributed by atoms with van der Waals surface area (Å²) in [7, 11) is 0. The number of benzene rings is 4. The summed E-state index contributed by atoms with van der Waals surface area (Å²) in [5.74, 6) is 0.106. The lowest BCUT2D eigenvalue weighted by Crippen LogP contribution is -2.53. The first kappa shape index (κ1) is 29.8. The highest BCUT2D eigenvalue weighted by molar-refractivity contribution is 9.10. The van der Waals surface area contributed by atoms with Crippen LogP contribution in [0.1, 0.15) is 37.0 Å². The van der Waals surface area contributed by atoms with Gasteiger partial charge >= 0.3 is 6.03 Å². The van der Waals surface area contributed by atoms with Crippen LogP contribution in [0.15, 0.2) is 88.9 Å². The molecule has 5 rings (SSSR count). The van der Waals surface area contributed by atoms with E-state index in [0.717, 1.165) is 32.1 Å². The highest BCUT2D eigenvalue weighted by Gasteiger charge is 2.36. The van der Waals surface area contributed by atoms with Gasteiger partial charge in [-0.2, -0.15) is 0 Å². The third-order valence-corrected chi connectivity index (χ3v) is 7.32. The van der Waals surface area contributed by atoms with Gasteiger partial charge in [0.15, 0.2) is 11.5 Å². The van der Waals surface area contributed by atoms with Crippen molar-refractivity contribution in [3.8, 4) is 17.2 Å². The SMILES string of the molecule is CCCOc1ccc(CN2C(=O)NC(=O)/C(=C\c3cc(Br)ccc3OCc3cccc4ccccc34)C2=O)cc1OCC. The Hall–Kier alpha value is -4.63. The number of imide groups is 2. The molecule has 0 spiro atoms. The highest BCUT2D eigenvalue weighted by Crippen LogP contribution is 2.31. The second-order valence-corrected chi connectivity index (χ2v) is 10.8. The van der Waals surface area contributed by atoms with Crippen LogP contribution in [0.4, 0.5) is 4.79 Å². The van der Waals surface area contributed by atoms with Gasteiger partial charge in [0, 0.05) is 10.0 Å². The predicted octanol–water partition coefficient (Wildman–Crippen LogP) is 7.03. The van der Waals surface area contributed by atoms with Crippen LogP contribution in [0.2, 0.25) is 0 Å². The molecule has 8 nitrogen and oxygen atoms in total. The third kappa shape index (κ3) is 6.89. The Morgan fingerprint density at radius 1 is 0.837 bits per heavy atom. The summed E-state index contributed by atoms with van der Waals surface area (Å²) < 4.78 is 18.4. The molecule has 4 aromatic rings. The fourth-order valence-electron chi connectivity index (χ4n) is 4.76. The Balaban J connectivity index is 1.40. The Labute approximate surface area is 258 Å². The average Bonchev–Trinajstić information content (AvgIpc) is 3.00. The van der Waals surface area contributed by atoms with Crippen molar-refractivity contribution in [1.82, 2.24) is 10.2 Å². The lowest BCUT2D eigenvalue weighted by atomic mass is 10.0. The fraction of sp³-hybridized carbons (Fsp3) is 0.206. The smallest absolute Gasteiger partial charge is 0.331 e. The van der Waals surface area contributed by atoms with E-state index in [0.29, 0.717) is 41.6 Å². The molecule has 0 atom stereocenters. The van der Waals surface area contributed by atoms with E-state index >= 15 is 0 Å². The van der Waals surface area contributed by atoms with Crippen LogP contribution in [0.3, 0.4) is 0 Å². The van der Waals surface area contributed by atoms with Crippen molar-refractivity contribution in [2.75, 3.05) is 13.2 Å². The Kier molecular flexibility index (Phi) is 9.41. The van der Waals surface area contributed by atoms with Crippen LogP contribution in [-0.2, 0) is 22.7 Å². The number of nitrogens with one attached hydrogen (secondary N) is 1. The Morgan fingerprint density at radius 2 is 1.63 bits per heavy atom. The van der Waals surface area contributed by atoms with Gasteiger partial charge in [0.25, 0.3) is 11.8 Å². The van der Waals surface area contributed by atoms with Crippen molar-refractivity contribution >= 4 is 50.6 Å². The molecule has 4 aromatic carbocycles. The van der Waals surface area contributed by atoms with E-state index < -0.39 is 17.8 Å². The molecule has 1 N–H and O–H groups in total. The van der Waals surface area contributed by atoms with Crippen molar-refractivity contribution < 1.29 is 28.6 Å². The molecule has 1 aliphatic rings. The van der Waals surface area contributed by atoms with Gasteiger partial charge in [0.05, 0.1) is 19.8 Å². The van der Waals surface area contributed by atoms with Gasteiger partial charge < -0.3 is 14.2 Å². The van der Waals surface area contributed by atoms with E-state index in [9.17, 15) is 14.4 Å². The van der Waals surface area contributed by atoms with E-state index in [-0.39, 0.29) is 18.7 Å². The zero-order valence-electron chi connectivity index (χ0n) is 23.9. The normalized spacial score (nSPS) is 14.3. The largest absolute Gasteiger partial charge is 0.490 e. The molecule has 1 fully saturated rings. The molecule has 0 aromatic heterocycles. The number of hydrogen-bond acceptors (Lipinski definition) is 6. The summed E-state index contributed by atoms with van der Waals surface area (Å²) >= 11 is 3.47. The quantitative estimate of drug-likeness (QED) is 0.139. The first-order valence-electron chi connectivity index (χ1n) is 14.0. The van der Waals surface area contributed by atoms with E-state index in [2.05, 4.69) is 21.2 Å². The Morgan fingerprint density at radius 3 is 2.44 bits per heavy atom. The zero-order chi connectivity index (χ0) is 30.3. The average molecular weight is 644 g/mol. The number of fused-ring (bicyclic) bond motifs is 1. The minimum atomic E-state index is -0.793. The number of carbonyl (C=O) groups excluding carboxylic acids is 3. The van der Waals surface area contributed by atoms with Crippen LogP contribution in [0, 0.1) is 0 Å². The molecule has 220 valence electrons. The summed E-state index contributed by atoms with van der Waals surface area (Å²) in [5, 5.41) is 4.48. The van der Waals surface area contributed by atoms with Crippen LogP contribution < -0.4 is 19.5 Å². The number of nitrogens with zero attached hydrogens (tertiary/aromatic N) is 1. The summed E-state index contributed by atoms with van der Waals surface area (Å²) in [4.78, 5) is 40.2. The molecular weight excluding hydrogens is 612 g/mol. The van der Waals surface area contributed by atoms with Crippen molar-refractivity contribution in [3.05, 3.63) is 106 Å². The zero-order valence-corrected chi connectivity index (χ0v) is 25.5. The number of halogens is 1. The molecule has 1 aliphatic heterocycles. The molecule has 0 saturated carbocycles. The maximum absolute atomic E-state index is 13.6. The second-order valence-electron chi connectivity index (χ2n) is 9.88. The minimum Gasteiger partial charge on any atom is -0.490 e. The molecule has 0 radical (unpaired) electrons. The van der Waals surface area contributed by atoms with Gasteiger partial charge in [0.1, 0.15) is 17.9 Å².